The fourth-order valence-electron chi connectivity index (χ4n) is 1.23. The van der Waals surface area contributed by atoms with Gasteiger partial charge in [-0.05, 0) is 0 Å². The van der Waals surface area contributed by atoms with E-state index in [-0.39, 0.29) is 12.0 Å². The first-order valence-electron chi connectivity index (χ1n) is 6.12. The monoisotopic (exact) mass is 274 g/mol. The van der Waals surface area contributed by atoms with Crippen LogP contribution >= 0.6 is 0 Å². The predicted octanol–water partition coefficient (Wildman–Crippen LogP) is 1.78. The van der Waals surface area contributed by atoms with Gasteiger partial charge in [-0.2, -0.15) is 0 Å². The molecule has 0 N–H and O–H groups in total. The topological polar surface area (TPSA) is 71.1 Å². The van der Waals surface area contributed by atoms with Crippen molar-refractivity contribution in [3.8, 4) is 0 Å². The van der Waals surface area contributed by atoms with E-state index < -0.39 is 24.5 Å². The van der Waals surface area contributed by atoms with Gasteiger partial charge in [-0.3, -0.25) is 4.79 Å². The lowest BCUT2D eigenvalue weighted by Gasteiger charge is -2.16. The lowest BCUT2D eigenvalue weighted by Crippen LogP contribution is -2.23. The molecule has 0 bridgehead atoms. The standard InChI is InChI=1S/C13H22O6/c1-6-11(16-4)18-10(14)8-9(3)13(15)19-12(7-2)17-5/h11-12H,3,6-8H2,1-2,4-5H3. The van der Waals surface area contributed by atoms with E-state index in [0.717, 1.165) is 0 Å². The summed E-state index contributed by atoms with van der Waals surface area (Å²) in [5.74, 6) is -1.25. The summed E-state index contributed by atoms with van der Waals surface area (Å²) in [5, 5.41) is 0. The molecule has 0 aromatic carbocycles. The van der Waals surface area contributed by atoms with E-state index >= 15 is 0 Å². The van der Waals surface area contributed by atoms with Crippen molar-refractivity contribution < 1.29 is 28.5 Å². The van der Waals surface area contributed by atoms with Crippen LogP contribution in [0.3, 0.4) is 0 Å². The number of carbonyl (C=O) groups excluding carboxylic acids is 2. The van der Waals surface area contributed by atoms with Crippen LogP contribution in [0.2, 0.25) is 0 Å². The van der Waals surface area contributed by atoms with E-state index in [4.69, 9.17) is 18.9 Å². The van der Waals surface area contributed by atoms with E-state index in [2.05, 4.69) is 6.58 Å². The van der Waals surface area contributed by atoms with Crippen LogP contribution in [0, 0.1) is 0 Å². The normalized spacial score (nSPS) is 13.5. The van der Waals surface area contributed by atoms with Crippen LogP contribution in [0.1, 0.15) is 33.1 Å². The summed E-state index contributed by atoms with van der Waals surface area (Å²) >= 11 is 0. The largest absolute Gasteiger partial charge is 0.436 e. The Balaban J connectivity index is 4.21. The summed E-state index contributed by atoms with van der Waals surface area (Å²) in [5.41, 5.74) is 0.0199. The van der Waals surface area contributed by atoms with E-state index in [1.54, 1.807) is 0 Å². The molecule has 0 fully saturated rings. The molecule has 2 atom stereocenters. The van der Waals surface area contributed by atoms with Crippen molar-refractivity contribution in [3.63, 3.8) is 0 Å². The highest BCUT2D eigenvalue weighted by atomic mass is 16.7. The third-order valence-corrected chi connectivity index (χ3v) is 2.34. The first-order chi connectivity index (χ1) is 8.98. The number of carbonyl (C=O) groups is 2. The summed E-state index contributed by atoms with van der Waals surface area (Å²) in [6, 6.07) is 0. The smallest absolute Gasteiger partial charge is 0.336 e. The Hall–Kier alpha value is -1.40. The Kier molecular flexibility index (Phi) is 8.82. The molecular weight excluding hydrogens is 252 g/mol. The van der Waals surface area contributed by atoms with Crippen LogP contribution in [-0.4, -0.2) is 38.7 Å². The average Bonchev–Trinajstić information content (AvgIpc) is 2.41. The fourth-order valence-corrected chi connectivity index (χ4v) is 1.23. The highest BCUT2D eigenvalue weighted by molar-refractivity contribution is 5.93. The molecule has 0 heterocycles. The van der Waals surface area contributed by atoms with Crippen molar-refractivity contribution in [1.29, 1.82) is 0 Å². The number of rotatable bonds is 9. The van der Waals surface area contributed by atoms with E-state index in [1.165, 1.54) is 14.2 Å². The molecule has 0 rings (SSSR count). The summed E-state index contributed by atoms with van der Waals surface area (Å²) in [4.78, 5) is 23.1. The molecule has 6 nitrogen and oxygen atoms in total. The Bertz CT molecular complexity index is 304. The average molecular weight is 274 g/mol. The highest BCUT2D eigenvalue weighted by Gasteiger charge is 2.19. The van der Waals surface area contributed by atoms with Gasteiger partial charge in [0.25, 0.3) is 0 Å². The van der Waals surface area contributed by atoms with Gasteiger partial charge in [-0.1, -0.05) is 20.4 Å². The lowest BCUT2D eigenvalue weighted by atomic mass is 10.2. The molecule has 0 aliphatic heterocycles. The summed E-state index contributed by atoms with van der Waals surface area (Å²) in [7, 11) is 2.87. The van der Waals surface area contributed by atoms with Crippen LogP contribution in [-0.2, 0) is 28.5 Å². The molecule has 19 heavy (non-hydrogen) atoms. The molecule has 0 radical (unpaired) electrons. The van der Waals surface area contributed by atoms with Crippen LogP contribution in [0.25, 0.3) is 0 Å². The Morgan fingerprint density at radius 3 is 1.89 bits per heavy atom. The van der Waals surface area contributed by atoms with Gasteiger partial charge >= 0.3 is 11.9 Å². The zero-order valence-corrected chi connectivity index (χ0v) is 11.9. The van der Waals surface area contributed by atoms with Gasteiger partial charge in [0.05, 0.1) is 6.42 Å². The molecule has 0 saturated heterocycles. The van der Waals surface area contributed by atoms with Gasteiger partial charge in [0.1, 0.15) is 0 Å². The third kappa shape index (κ3) is 6.93. The summed E-state index contributed by atoms with van der Waals surface area (Å²) < 4.78 is 19.7. The van der Waals surface area contributed by atoms with Crippen LogP contribution in [0.15, 0.2) is 12.2 Å². The van der Waals surface area contributed by atoms with Gasteiger partial charge in [0, 0.05) is 32.6 Å². The maximum atomic E-state index is 11.6. The molecule has 110 valence electrons. The molecule has 0 saturated carbocycles. The molecule has 0 aliphatic carbocycles. The lowest BCUT2D eigenvalue weighted by molar-refractivity contribution is -0.176. The molecular formula is C13H22O6. The minimum Gasteiger partial charge on any atom is -0.436 e. The quantitative estimate of drug-likeness (QED) is 0.362. The fraction of sp³-hybridized carbons (Fsp3) is 0.692. The van der Waals surface area contributed by atoms with Crippen LogP contribution in [0.5, 0.6) is 0 Å². The molecule has 0 spiro atoms. The molecule has 0 aromatic rings. The van der Waals surface area contributed by atoms with Crippen molar-refractivity contribution in [2.45, 2.75) is 45.7 Å². The van der Waals surface area contributed by atoms with Crippen LogP contribution in [0.4, 0.5) is 0 Å². The minimum absolute atomic E-state index is 0.0199. The zero-order chi connectivity index (χ0) is 14.8. The van der Waals surface area contributed by atoms with Gasteiger partial charge in [-0.25, -0.2) is 4.79 Å². The van der Waals surface area contributed by atoms with Crippen molar-refractivity contribution in [3.05, 3.63) is 12.2 Å². The molecule has 2 unspecified atom stereocenters. The molecule has 0 aliphatic rings. The van der Waals surface area contributed by atoms with Crippen molar-refractivity contribution in [2.24, 2.45) is 0 Å². The summed E-state index contributed by atoms with van der Waals surface area (Å²) in [6.07, 6.45) is -0.442. The minimum atomic E-state index is -0.670. The maximum Gasteiger partial charge on any atom is 0.336 e. The number of methoxy groups -OCH3 is 2. The van der Waals surface area contributed by atoms with E-state index in [0.29, 0.717) is 12.8 Å². The van der Waals surface area contributed by atoms with Gasteiger partial charge in [0.15, 0.2) is 0 Å². The first kappa shape index (κ1) is 17.6. The van der Waals surface area contributed by atoms with Gasteiger partial charge < -0.3 is 18.9 Å². The van der Waals surface area contributed by atoms with Crippen molar-refractivity contribution in [1.82, 2.24) is 0 Å². The maximum absolute atomic E-state index is 11.6. The SMILES string of the molecule is C=C(CC(=O)OC(CC)OC)C(=O)OC(CC)OC. The molecule has 0 aromatic heterocycles. The van der Waals surface area contributed by atoms with Gasteiger partial charge in [0.2, 0.25) is 12.6 Å². The van der Waals surface area contributed by atoms with Gasteiger partial charge in [-0.15, -0.1) is 0 Å². The second-order valence-corrected chi connectivity index (χ2v) is 3.82. The highest BCUT2D eigenvalue weighted by Crippen LogP contribution is 2.09. The molecule has 6 heteroatoms. The van der Waals surface area contributed by atoms with Crippen LogP contribution < -0.4 is 0 Å². The molecule has 0 amide bonds. The summed E-state index contributed by atoms with van der Waals surface area (Å²) in [6.45, 7) is 7.13. The van der Waals surface area contributed by atoms with E-state index in [9.17, 15) is 9.59 Å². The number of hydrogen-bond donors (Lipinski definition) is 0. The van der Waals surface area contributed by atoms with Crippen molar-refractivity contribution in [2.75, 3.05) is 14.2 Å². The second-order valence-electron chi connectivity index (χ2n) is 3.82. The Morgan fingerprint density at radius 1 is 1.00 bits per heavy atom. The number of hydrogen-bond acceptors (Lipinski definition) is 6. The zero-order valence-electron chi connectivity index (χ0n) is 11.9. The first-order valence-corrected chi connectivity index (χ1v) is 6.12. The Morgan fingerprint density at radius 2 is 1.47 bits per heavy atom. The third-order valence-electron chi connectivity index (χ3n) is 2.34. The Labute approximate surface area is 113 Å². The second kappa shape index (κ2) is 9.52. The van der Waals surface area contributed by atoms with E-state index in [1.807, 2.05) is 13.8 Å². The van der Waals surface area contributed by atoms with Crippen molar-refractivity contribution >= 4 is 11.9 Å². The predicted molar refractivity (Wildman–Crippen MR) is 68.1 cm³/mol. The number of ether oxygens (including phenoxy) is 4. The number of esters is 2.